The summed E-state index contributed by atoms with van der Waals surface area (Å²) < 4.78 is 0. The minimum Gasteiger partial charge on any atom is -0.103 e. The van der Waals surface area contributed by atoms with Gasteiger partial charge in [-0.25, -0.2) is 0 Å². The van der Waals surface area contributed by atoms with Crippen LogP contribution in [0, 0.1) is 5.92 Å². The van der Waals surface area contributed by atoms with Crippen molar-refractivity contribution in [2.45, 2.75) is 13.8 Å². The van der Waals surface area contributed by atoms with Crippen molar-refractivity contribution in [1.82, 2.24) is 0 Å². The maximum atomic E-state index is 3.63. The van der Waals surface area contributed by atoms with E-state index in [0.29, 0.717) is 5.92 Å². The molecule has 0 fully saturated rings. The molecule has 110 valence electrons. The summed E-state index contributed by atoms with van der Waals surface area (Å²) >= 11 is 0. The van der Waals surface area contributed by atoms with E-state index in [2.05, 4.69) is 33.6 Å². The van der Waals surface area contributed by atoms with E-state index in [9.17, 15) is 0 Å². The third-order valence-electron chi connectivity index (χ3n) is 2.54. The van der Waals surface area contributed by atoms with Gasteiger partial charge in [0, 0.05) is 0 Å². The minimum absolute atomic E-state index is 0.648. The maximum Gasteiger partial charge on any atom is -0.0263 e. The van der Waals surface area contributed by atoms with Gasteiger partial charge in [0.25, 0.3) is 0 Å². The molecule has 0 amide bonds. The zero-order chi connectivity index (χ0) is 15.9. The molecule has 0 aliphatic heterocycles. The van der Waals surface area contributed by atoms with Crippen LogP contribution in [0.5, 0.6) is 0 Å². The molecule has 0 radical (unpaired) electrons. The highest BCUT2D eigenvalue weighted by Gasteiger charge is 1.76. The van der Waals surface area contributed by atoms with Gasteiger partial charge in [-0.1, -0.05) is 106 Å². The standard InChI is InChI=1S/2C8H8.C5H10/c2*1-2-8-6-4-3-5-7-8;1-4-5(2)3/h2*2-7H,1H2;4-5H,1H2,2-3H3. The molecule has 0 spiro atoms. The smallest absolute Gasteiger partial charge is 0.0263 e. The fraction of sp³-hybridized carbons (Fsp3) is 0.143. The van der Waals surface area contributed by atoms with Crippen LogP contribution in [0.1, 0.15) is 25.0 Å². The van der Waals surface area contributed by atoms with Crippen molar-refractivity contribution in [3.05, 3.63) is 97.6 Å². The first-order valence-corrected chi connectivity index (χ1v) is 7.11. The predicted octanol–water partition coefficient (Wildman–Crippen LogP) is 6.49. The molecule has 2 rings (SSSR count). The van der Waals surface area contributed by atoms with E-state index < -0.39 is 0 Å². The van der Waals surface area contributed by atoms with Gasteiger partial charge < -0.3 is 0 Å². The van der Waals surface area contributed by atoms with Crippen LogP contribution in [-0.2, 0) is 0 Å². The van der Waals surface area contributed by atoms with Crippen molar-refractivity contribution < 1.29 is 0 Å². The Labute approximate surface area is 130 Å². The quantitative estimate of drug-likeness (QED) is 0.563. The van der Waals surface area contributed by atoms with Crippen LogP contribution in [0.15, 0.2) is 86.5 Å². The van der Waals surface area contributed by atoms with Crippen LogP contribution in [0.25, 0.3) is 12.2 Å². The van der Waals surface area contributed by atoms with Crippen LogP contribution in [0.3, 0.4) is 0 Å². The van der Waals surface area contributed by atoms with E-state index in [-0.39, 0.29) is 0 Å². The van der Waals surface area contributed by atoms with Crippen molar-refractivity contribution in [2.75, 3.05) is 0 Å². The molecule has 0 heterocycles. The molecule has 21 heavy (non-hydrogen) atoms. The van der Waals surface area contributed by atoms with Gasteiger partial charge >= 0.3 is 0 Å². The lowest BCUT2D eigenvalue weighted by molar-refractivity contribution is 0.835. The van der Waals surface area contributed by atoms with Crippen molar-refractivity contribution in [2.24, 2.45) is 5.92 Å². The predicted molar refractivity (Wildman–Crippen MR) is 98.1 cm³/mol. The first-order valence-electron chi connectivity index (χ1n) is 7.11. The fourth-order valence-electron chi connectivity index (χ4n) is 1.18. The third-order valence-corrected chi connectivity index (χ3v) is 2.54. The Kier molecular flexibility index (Phi) is 11.3. The van der Waals surface area contributed by atoms with Gasteiger partial charge in [-0.15, -0.1) is 6.58 Å². The molecule has 0 atom stereocenters. The van der Waals surface area contributed by atoms with Gasteiger partial charge in [-0.05, 0) is 17.0 Å². The fourth-order valence-corrected chi connectivity index (χ4v) is 1.18. The first-order chi connectivity index (χ1) is 10.1. The summed E-state index contributed by atoms with van der Waals surface area (Å²) in [5, 5.41) is 0. The van der Waals surface area contributed by atoms with Crippen LogP contribution in [0.4, 0.5) is 0 Å². The summed E-state index contributed by atoms with van der Waals surface area (Å²) in [6, 6.07) is 20.1. The zero-order valence-electron chi connectivity index (χ0n) is 13.2. The summed E-state index contributed by atoms with van der Waals surface area (Å²) in [6.45, 7) is 15.0. The summed E-state index contributed by atoms with van der Waals surface area (Å²) in [6.07, 6.45) is 5.58. The van der Waals surface area contributed by atoms with E-state index in [1.54, 1.807) is 0 Å². The van der Waals surface area contributed by atoms with Gasteiger partial charge in [0.15, 0.2) is 0 Å². The molecular formula is C21H26. The molecule has 0 unspecified atom stereocenters. The average Bonchev–Trinajstić information content (AvgIpc) is 2.57. The average molecular weight is 278 g/mol. The van der Waals surface area contributed by atoms with Crippen LogP contribution >= 0.6 is 0 Å². The first kappa shape index (κ1) is 18.7. The Morgan fingerprint density at radius 2 is 0.952 bits per heavy atom. The van der Waals surface area contributed by atoms with E-state index >= 15 is 0 Å². The van der Waals surface area contributed by atoms with Crippen molar-refractivity contribution in [3.63, 3.8) is 0 Å². The second-order valence-electron chi connectivity index (χ2n) is 4.71. The molecule has 0 saturated heterocycles. The normalized spacial score (nSPS) is 8.52. The molecule has 2 aromatic rings. The molecule has 0 saturated carbocycles. The lowest BCUT2D eigenvalue weighted by Crippen LogP contribution is -1.71. The number of rotatable bonds is 3. The lowest BCUT2D eigenvalue weighted by atomic mass is 10.2. The van der Waals surface area contributed by atoms with Gasteiger partial charge in [0.2, 0.25) is 0 Å². The minimum atomic E-state index is 0.648. The molecule has 2 aromatic carbocycles. The number of benzene rings is 2. The van der Waals surface area contributed by atoms with Crippen LogP contribution < -0.4 is 0 Å². The second-order valence-corrected chi connectivity index (χ2v) is 4.71. The zero-order valence-corrected chi connectivity index (χ0v) is 13.2. The highest BCUT2D eigenvalue weighted by molar-refractivity contribution is 5.46. The molecule has 0 N–H and O–H groups in total. The van der Waals surface area contributed by atoms with Gasteiger partial charge in [0.1, 0.15) is 0 Å². The van der Waals surface area contributed by atoms with E-state index in [1.165, 1.54) is 11.1 Å². The largest absolute Gasteiger partial charge is 0.103 e. The Morgan fingerprint density at radius 3 is 1.10 bits per heavy atom. The Balaban J connectivity index is 0.000000296. The van der Waals surface area contributed by atoms with E-state index in [0.717, 1.165) is 0 Å². The van der Waals surface area contributed by atoms with E-state index in [1.807, 2.05) is 78.9 Å². The molecule has 0 nitrogen and oxygen atoms in total. The van der Waals surface area contributed by atoms with Gasteiger partial charge in [-0.3, -0.25) is 0 Å². The summed E-state index contributed by atoms with van der Waals surface area (Å²) in [4.78, 5) is 0. The third kappa shape index (κ3) is 11.2. The lowest BCUT2D eigenvalue weighted by Gasteiger charge is -1.85. The molecule has 0 heteroatoms. The van der Waals surface area contributed by atoms with Crippen LogP contribution in [0.2, 0.25) is 0 Å². The maximum absolute atomic E-state index is 3.63. The van der Waals surface area contributed by atoms with Gasteiger partial charge in [0.05, 0.1) is 0 Å². The van der Waals surface area contributed by atoms with Crippen molar-refractivity contribution in [1.29, 1.82) is 0 Å². The number of allylic oxidation sites excluding steroid dienone is 1. The summed E-state index contributed by atoms with van der Waals surface area (Å²) in [5.74, 6) is 0.648. The molecule has 0 aliphatic carbocycles. The highest BCUT2D eigenvalue weighted by atomic mass is 13.8. The summed E-state index contributed by atoms with van der Waals surface area (Å²) in [7, 11) is 0. The molecule has 0 aromatic heterocycles. The number of hydrogen-bond acceptors (Lipinski definition) is 0. The van der Waals surface area contributed by atoms with Crippen LogP contribution in [-0.4, -0.2) is 0 Å². The molecule has 0 bridgehead atoms. The van der Waals surface area contributed by atoms with Gasteiger partial charge in [-0.2, -0.15) is 0 Å². The number of hydrogen-bond donors (Lipinski definition) is 0. The second kappa shape index (κ2) is 12.7. The monoisotopic (exact) mass is 278 g/mol. The molecule has 0 aliphatic rings. The SMILES string of the molecule is C=CC(C)C.C=Cc1ccccc1.C=Cc1ccccc1. The Morgan fingerprint density at radius 1 is 0.667 bits per heavy atom. The topological polar surface area (TPSA) is 0 Å². The van der Waals surface area contributed by atoms with Crippen molar-refractivity contribution >= 4 is 12.2 Å². The molecular weight excluding hydrogens is 252 g/mol. The van der Waals surface area contributed by atoms with Crippen molar-refractivity contribution in [3.8, 4) is 0 Å². The highest BCUT2D eigenvalue weighted by Crippen LogP contribution is 1.98. The van der Waals surface area contributed by atoms with E-state index in [4.69, 9.17) is 0 Å². The Bertz CT molecular complexity index is 449. The Hall–Kier alpha value is -2.34. The summed E-state index contributed by atoms with van der Waals surface area (Å²) in [5.41, 5.74) is 2.35.